The van der Waals surface area contributed by atoms with Crippen molar-refractivity contribution in [3.05, 3.63) is 56.2 Å². The highest BCUT2D eigenvalue weighted by atomic mass is 16.5. The summed E-state index contributed by atoms with van der Waals surface area (Å²) >= 11 is 0. The van der Waals surface area contributed by atoms with E-state index in [0.29, 0.717) is 11.4 Å². The number of nitrogens with zero attached hydrogens (tertiary/aromatic N) is 3. The van der Waals surface area contributed by atoms with Crippen LogP contribution in [0, 0.1) is 0 Å². The Morgan fingerprint density at radius 3 is 2.38 bits per heavy atom. The van der Waals surface area contributed by atoms with Gasteiger partial charge in [-0.25, -0.2) is 4.79 Å². The summed E-state index contributed by atoms with van der Waals surface area (Å²) in [4.78, 5) is 26.6. The highest BCUT2D eigenvalue weighted by Gasteiger charge is 2.34. The van der Waals surface area contributed by atoms with Gasteiger partial charge in [0.25, 0.3) is 5.56 Å². The molecule has 21 heavy (non-hydrogen) atoms. The van der Waals surface area contributed by atoms with Crippen molar-refractivity contribution in [2.75, 3.05) is 19.1 Å². The smallest absolute Gasteiger partial charge is 0.332 e. The molecule has 0 unspecified atom stereocenters. The van der Waals surface area contributed by atoms with Crippen LogP contribution in [0.3, 0.4) is 0 Å². The lowest BCUT2D eigenvalue weighted by Crippen LogP contribution is -2.44. The molecule has 0 amide bonds. The Morgan fingerprint density at radius 1 is 1.05 bits per heavy atom. The van der Waals surface area contributed by atoms with Gasteiger partial charge in [0.15, 0.2) is 0 Å². The van der Waals surface area contributed by atoms with Gasteiger partial charge in [0.1, 0.15) is 11.9 Å². The van der Waals surface area contributed by atoms with E-state index in [4.69, 9.17) is 4.74 Å². The summed E-state index contributed by atoms with van der Waals surface area (Å²) in [6.45, 7) is 0. The van der Waals surface area contributed by atoms with Crippen LogP contribution in [0.1, 0.15) is 17.2 Å². The molecule has 0 saturated carbocycles. The van der Waals surface area contributed by atoms with E-state index in [-0.39, 0.29) is 11.2 Å². The van der Waals surface area contributed by atoms with Gasteiger partial charge in [-0.2, -0.15) is 0 Å². The van der Waals surface area contributed by atoms with Crippen molar-refractivity contribution in [2.45, 2.75) is 6.10 Å². The lowest BCUT2D eigenvalue weighted by Gasteiger charge is -2.35. The van der Waals surface area contributed by atoms with E-state index in [9.17, 15) is 9.59 Å². The minimum Gasteiger partial charge on any atom is -0.372 e. The number of aromatic nitrogens is 2. The third-order valence-electron chi connectivity index (χ3n) is 4.06. The van der Waals surface area contributed by atoms with Crippen LogP contribution in [0.25, 0.3) is 0 Å². The Morgan fingerprint density at radius 2 is 1.71 bits per heavy atom. The van der Waals surface area contributed by atoms with Gasteiger partial charge in [0.05, 0.1) is 5.56 Å². The second-order valence-electron chi connectivity index (χ2n) is 5.18. The number of anilines is 2. The van der Waals surface area contributed by atoms with Gasteiger partial charge in [-0.15, -0.1) is 0 Å². The summed E-state index contributed by atoms with van der Waals surface area (Å²) in [6.07, 6.45) is -0.474. The molecule has 0 N–H and O–H groups in total. The number of hydrogen-bond donors (Lipinski definition) is 0. The van der Waals surface area contributed by atoms with E-state index in [1.807, 2.05) is 36.2 Å². The lowest BCUT2D eigenvalue weighted by molar-refractivity contribution is 0.133. The zero-order valence-electron chi connectivity index (χ0n) is 12.5. The predicted octanol–water partition coefficient (Wildman–Crippen LogP) is 0.901. The van der Waals surface area contributed by atoms with Crippen molar-refractivity contribution >= 4 is 11.5 Å². The number of para-hydroxylation sites is 1. The maximum Gasteiger partial charge on any atom is 0.332 e. The Labute approximate surface area is 121 Å². The van der Waals surface area contributed by atoms with Crippen LogP contribution < -0.4 is 16.1 Å². The lowest BCUT2D eigenvalue weighted by atomic mass is 9.96. The molecule has 1 aromatic carbocycles. The summed E-state index contributed by atoms with van der Waals surface area (Å²) in [5.41, 5.74) is 1.68. The molecule has 0 spiro atoms. The third-order valence-corrected chi connectivity index (χ3v) is 4.06. The summed E-state index contributed by atoms with van der Waals surface area (Å²) in [6, 6.07) is 7.72. The molecule has 0 bridgehead atoms. The van der Waals surface area contributed by atoms with Gasteiger partial charge in [-0.05, 0) is 6.07 Å². The number of ether oxygens (including phenoxy) is 1. The first-order valence-electron chi connectivity index (χ1n) is 6.64. The van der Waals surface area contributed by atoms with Crippen LogP contribution in [0.5, 0.6) is 0 Å². The highest BCUT2D eigenvalue weighted by molar-refractivity contribution is 5.72. The minimum atomic E-state index is -0.474. The predicted molar refractivity (Wildman–Crippen MR) is 80.3 cm³/mol. The summed E-state index contributed by atoms with van der Waals surface area (Å²) in [7, 11) is 6.57. The molecule has 1 atom stereocenters. The second-order valence-corrected chi connectivity index (χ2v) is 5.18. The maximum atomic E-state index is 12.6. The van der Waals surface area contributed by atoms with Gasteiger partial charge in [0.2, 0.25) is 0 Å². The zero-order chi connectivity index (χ0) is 15.3. The molecule has 2 aromatic rings. The quantitative estimate of drug-likeness (QED) is 0.782. The van der Waals surface area contributed by atoms with Crippen LogP contribution in [0.4, 0.5) is 11.5 Å². The molecule has 0 saturated heterocycles. The van der Waals surface area contributed by atoms with Crippen molar-refractivity contribution in [3.63, 3.8) is 0 Å². The topological polar surface area (TPSA) is 56.5 Å². The molecule has 1 aliphatic rings. The fourth-order valence-corrected chi connectivity index (χ4v) is 3.02. The van der Waals surface area contributed by atoms with Crippen LogP contribution in [0.2, 0.25) is 0 Å². The SMILES string of the molecule is CO[C@H]1c2ccccc2N(C)c2c1c(=O)n(C)c(=O)n2C. The van der Waals surface area contributed by atoms with Gasteiger partial charge < -0.3 is 9.64 Å². The fourth-order valence-electron chi connectivity index (χ4n) is 3.02. The second kappa shape index (κ2) is 4.60. The van der Waals surface area contributed by atoms with Crippen LogP contribution in [-0.2, 0) is 18.8 Å². The van der Waals surface area contributed by atoms with Crippen LogP contribution >= 0.6 is 0 Å². The molecule has 0 radical (unpaired) electrons. The standard InChI is InChI=1S/C15H17N3O3/c1-16-10-8-6-5-7-9(10)12(21-4)11-13(16)17(2)15(20)18(3)14(11)19/h5-8,12H,1-4H3/t12-/m0/s1. The summed E-state index contributed by atoms with van der Waals surface area (Å²) in [5.74, 6) is 0.577. The number of benzene rings is 1. The first-order chi connectivity index (χ1) is 9.99. The Kier molecular flexibility index (Phi) is 2.98. The van der Waals surface area contributed by atoms with Crippen molar-refractivity contribution < 1.29 is 4.74 Å². The summed E-state index contributed by atoms with van der Waals surface area (Å²) in [5, 5.41) is 0. The molecule has 110 valence electrons. The monoisotopic (exact) mass is 287 g/mol. The average Bonchev–Trinajstić information content (AvgIpc) is 2.50. The molecule has 1 aliphatic heterocycles. The summed E-state index contributed by atoms with van der Waals surface area (Å²) < 4.78 is 8.17. The molecule has 0 fully saturated rings. The molecule has 6 nitrogen and oxygen atoms in total. The Hall–Kier alpha value is -2.34. The third kappa shape index (κ3) is 1.69. The van der Waals surface area contributed by atoms with E-state index < -0.39 is 6.10 Å². The number of hydrogen-bond acceptors (Lipinski definition) is 4. The fraction of sp³-hybridized carbons (Fsp3) is 0.333. The first kappa shape index (κ1) is 13.6. The molecule has 2 heterocycles. The van der Waals surface area contributed by atoms with Crippen molar-refractivity contribution in [1.29, 1.82) is 0 Å². The molecule has 1 aromatic heterocycles. The van der Waals surface area contributed by atoms with E-state index in [0.717, 1.165) is 15.8 Å². The number of rotatable bonds is 1. The molecule has 0 aliphatic carbocycles. The van der Waals surface area contributed by atoms with Crippen LogP contribution in [-0.4, -0.2) is 23.3 Å². The van der Waals surface area contributed by atoms with E-state index in [1.54, 1.807) is 14.2 Å². The maximum absolute atomic E-state index is 12.6. The highest BCUT2D eigenvalue weighted by Crippen LogP contribution is 2.42. The van der Waals surface area contributed by atoms with Crippen molar-refractivity contribution in [3.8, 4) is 0 Å². The minimum absolute atomic E-state index is 0.318. The Balaban J connectivity index is 2.46. The largest absolute Gasteiger partial charge is 0.372 e. The Bertz CT molecular complexity index is 835. The molecule has 3 rings (SSSR count). The molecule has 6 heteroatoms. The van der Waals surface area contributed by atoms with Crippen LogP contribution in [0.15, 0.2) is 33.9 Å². The van der Waals surface area contributed by atoms with Gasteiger partial charge in [-0.1, -0.05) is 18.2 Å². The van der Waals surface area contributed by atoms with Crippen molar-refractivity contribution in [1.82, 2.24) is 9.13 Å². The normalized spacial score (nSPS) is 16.6. The van der Waals surface area contributed by atoms with E-state index in [1.165, 1.54) is 11.6 Å². The van der Waals surface area contributed by atoms with Crippen molar-refractivity contribution in [2.24, 2.45) is 14.1 Å². The average molecular weight is 287 g/mol. The van der Waals surface area contributed by atoms with E-state index in [2.05, 4.69) is 0 Å². The number of methoxy groups -OCH3 is 1. The van der Waals surface area contributed by atoms with Gasteiger partial charge in [0, 0.05) is 39.5 Å². The first-order valence-corrected chi connectivity index (χ1v) is 6.64. The van der Waals surface area contributed by atoms with Gasteiger partial charge >= 0.3 is 5.69 Å². The van der Waals surface area contributed by atoms with Gasteiger partial charge in [-0.3, -0.25) is 13.9 Å². The number of fused-ring (bicyclic) bond motifs is 2. The van der Waals surface area contributed by atoms with E-state index >= 15 is 0 Å². The zero-order valence-corrected chi connectivity index (χ0v) is 12.5. The molecular formula is C15H17N3O3. The molecular weight excluding hydrogens is 270 g/mol.